The average molecular weight is 251 g/mol. The fraction of sp³-hybridized carbons (Fsp3) is 0.235. The Morgan fingerprint density at radius 2 is 1.58 bits per heavy atom. The largest absolute Gasteiger partial charge is 0.349 e. The van der Waals surface area contributed by atoms with Crippen molar-refractivity contribution in [1.82, 2.24) is 5.32 Å². The number of hydrogen-bond donors (Lipinski definition) is 1. The zero-order chi connectivity index (χ0) is 13.2. The molecule has 0 saturated carbocycles. The van der Waals surface area contributed by atoms with E-state index in [1.54, 1.807) is 0 Å². The van der Waals surface area contributed by atoms with Gasteiger partial charge in [0, 0.05) is 5.92 Å². The van der Waals surface area contributed by atoms with E-state index in [-0.39, 0.29) is 17.9 Å². The first-order chi connectivity index (χ1) is 9.24. The van der Waals surface area contributed by atoms with Crippen LogP contribution in [0, 0.1) is 5.92 Å². The van der Waals surface area contributed by atoms with Gasteiger partial charge in [-0.15, -0.1) is 0 Å². The molecule has 1 fully saturated rings. The van der Waals surface area contributed by atoms with E-state index in [4.69, 9.17) is 0 Å². The van der Waals surface area contributed by atoms with Gasteiger partial charge in [0.25, 0.3) is 0 Å². The van der Waals surface area contributed by atoms with Crippen LogP contribution in [0.15, 0.2) is 54.6 Å². The zero-order valence-corrected chi connectivity index (χ0v) is 11.0. The maximum absolute atomic E-state index is 11.5. The van der Waals surface area contributed by atoms with Crippen LogP contribution in [-0.4, -0.2) is 5.91 Å². The quantitative estimate of drug-likeness (QED) is 0.869. The molecule has 2 heteroatoms. The lowest BCUT2D eigenvalue weighted by Gasteiger charge is -2.11. The molecule has 1 amide bonds. The van der Waals surface area contributed by atoms with Crippen molar-refractivity contribution in [3.8, 4) is 11.1 Å². The van der Waals surface area contributed by atoms with Gasteiger partial charge in [0.05, 0.1) is 6.04 Å². The molecular formula is C17H17NO. The van der Waals surface area contributed by atoms with Crippen LogP contribution in [0.5, 0.6) is 0 Å². The minimum Gasteiger partial charge on any atom is -0.349 e. The molecule has 1 saturated heterocycles. The normalized spacial score (nSPS) is 22.3. The Kier molecular flexibility index (Phi) is 3.08. The van der Waals surface area contributed by atoms with Crippen LogP contribution < -0.4 is 5.32 Å². The van der Waals surface area contributed by atoms with Crippen molar-refractivity contribution in [2.24, 2.45) is 5.92 Å². The van der Waals surface area contributed by atoms with Crippen molar-refractivity contribution >= 4 is 5.91 Å². The lowest BCUT2D eigenvalue weighted by Crippen LogP contribution is -2.20. The third-order valence-electron chi connectivity index (χ3n) is 3.77. The van der Waals surface area contributed by atoms with Crippen molar-refractivity contribution in [3.05, 3.63) is 60.2 Å². The molecule has 1 N–H and O–H groups in total. The maximum Gasteiger partial charge on any atom is 0.223 e. The van der Waals surface area contributed by atoms with E-state index in [0.717, 1.165) is 6.42 Å². The summed E-state index contributed by atoms with van der Waals surface area (Å²) in [6.45, 7) is 1.98. The molecular weight excluding hydrogens is 234 g/mol. The first-order valence-corrected chi connectivity index (χ1v) is 6.70. The third-order valence-corrected chi connectivity index (χ3v) is 3.77. The molecule has 1 aliphatic heterocycles. The van der Waals surface area contributed by atoms with E-state index < -0.39 is 0 Å². The van der Waals surface area contributed by atoms with Crippen molar-refractivity contribution in [3.63, 3.8) is 0 Å². The highest BCUT2D eigenvalue weighted by atomic mass is 16.2. The first kappa shape index (κ1) is 12.0. The van der Waals surface area contributed by atoms with Gasteiger partial charge >= 0.3 is 0 Å². The Balaban J connectivity index is 1.82. The van der Waals surface area contributed by atoms with Gasteiger partial charge in [-0.2, -0.15) is 0 Å². The number of nitrogens with one attached hydrogen (secondary N) is 1. The van der Waals surface area contributed by atoms with Gasteiger partial charge in [-0.05, 0) is 23.1 Å². The standard InChI is InChI=1S/C17H17NO/c1-12-11-16(18-17(12)19)15-9-7-14(8-10-15)13-5-3-2-4-6-13/h2-10,12,16H,11H2,1H3,(H,18,19). The van der Waals surface area contributed by atoms with Gasteiger partial charge in [-0.1, -0.05) is 61.5 Å². The highest BCUT2D eigenvalue weighted by molar-refractivity contribution is 5.81. The Labute approximate surface area is 113 Å². The second-order valence-corrected chi connectivity index (χ2v) is 5.19. The van der Waals surface area contributed by atoms with Crippen LogP contribution in [0.3, 0.4) is 0 Å². The van der Waals surface area contributed by atoms with Crippen LogP contribution in [0.25, 0.3) is 11.1 Å². The molecule has 2 atom stereocenters. The third kappa shape index (κ3) is 2.39. The summed E-state index contributed by atoms with van der Waals surface area (Å²) in [5.41, 5.74) is 3.62. The van der Waals surface area contributed by atoms with E-state index in [1.807, 2.05) is 25.1 Å². The van der Waals surface area contributed by atoms with Crippen LogP contribution in [0.2, 0.25) is 0 Å². The van der Waals surface area contributed by atoms with Crippen molar-refractivity contribution in [2.45, 2.75) is 19.4 Å². The molecule has 2 nitrogen and oxygen atoms in total. The topological polar surface area (TPSA) is 29.1 Å². The Bertz CT molecular complexity index is 574. The van der Waals surface area contributed by atoms with E-state index in [1.165, 1.54) is 16.7 Å². The minimum atomic E-state index is 0.124. The van der Waals surface area contributed by atoms with Gasteiger partial charge in [-0.3, -0.25) is 4.79 Å². The van der Waals surface area contributed by atoms with E-state index in [0.29, 0.717) is 0 Å². The molecule has 0 radical (unpaired) electrons. The van der Waals surface area contributed by atoms with Crippen LogP contribution in [0.4, 0.5) is 0 Å². The van der Waals surface area contributed by atoms with Gasteiger partial charge in [0.15, 0.2) is 0 Å². The summed E-state index contributed by atoms with van der Waals surface area (Å²) >= 11 is 0. The second kappa shape index (κ2) is 4.88. The van der Waals surface area contributed by atoms with Gasteiger partial charge in [0.2, 0.25) is 5.91 Å². The van der Waals surface area contributed by atoms with Crippen LogP contribution >= 0.6 is 0 Å². The zero-order valence-electron chi connectivity index (χ0n) is 11.0. The maximum atomic E-state index is 11.5. The van der Waals surface area contributed by atoms with Gasteiger partial charge in [-0.25, -0.2) is 0 Å². The molecule has 1 heterocycles. The summed E-state index contributed by atoms with van der Waals surface area (Å²) in [7, 11) is 0. The average Bonchev–Trinajstić information content (AvgIpc) is 2.80. The number of rotatable bonds is 2. The van der Waals surface area contributed by atoms with E-state index in [9.17, 15) is 4.79 Å². The van der Waals surface area contributed by atoms with Gasteiger partial charge < -0.3 is 5.32 Å². The van der Waals surface area contributed by atoms with Crippen molar-refractivity contribution < 1.29 is 4.79 Å². The highest BCUT2D eigenvalue weighted by Gasteiger charge is 2.29. The van der Waals surface area contributed by atoms with Crippen LogP contribution in [-0.2, 0) is 4.79 Å². The molecule has 0 bridgehead atoms. The summed E-state index contributed by atoms with van der Waals surface area (Å²) in [5, 5.41) is 3.04. The molecule has 1 aliphatic rings. The summed E-state index contributed by atoms with van der Waals surface area (Å²) < 4.78 is 0. The predicted octanol–water partition coefficient (Wildman–Crippen LogP) is 3.55. The highest BCUT2D eigenvalue weighted by Crippen LogP contribution is 2.29. The lowest BCUT2D eigenvalue weighted by atomic mass is 9.98. The SMILES string of the molecule is CC1CC(c2ccc(-c3ccccc3)cc2)NC1=O. The van der Waals surface area contributed by atoms with Crippen molar-refractivity contribution in [1.29, 1.82) is 0 Å². The Morgan fingerprint density at radius 3 is 2.16 bits per heavy atom. The molecule has 96 valence electrons. The second-order valence-electron chi connectivity index (χ2n) is 5.19. The molecule has 2 unspecified atom stereocenters. The molecule has 0 aliphatic carbocycles. The summed E-state index contributed by atoms with van der Waals surface area (Å²) in [6, 6.07) is 19.0. The molecule has 0 spiro atoms. The van der Waals surface area contributed by atoms with Gasteiger partial charge in [0.1, 0.15) is 0 Å². The fourth-order valence-corrected chi connectivity index (χ4v) is 2.59. The minimum absolute atomic E-state index is 0.124. The first-order valence-electron chi connectivity index (χ1n) is 6.70. The number of amides is 1. The smallest absolute Gasteiger partial charge is 0.223 e. The monoisotopic (exact) mass is 251 g/mol. The Hall–Kier alpha value is -2.09. The van der Waals surface area contributed by atoms with E-state index >= 15 is 0 Å². The molecule has 0 aromatic heterocycles. The molecule has 2 aromatic rings. The number of carbonyl (C=O) groups is 1. The molecule has 3 rings (SSSR count). The fourth-order valence-electron chi connectivity index (χ4n) is 2.59. The molecule has 19 heavy (non-hydrogen) atoms. The Morgan fingerprint density at radius 1 is 0.947 bits per heavy atom. The predicted molar refractivity (Wildman–Crippen MR) is 76.5 cm³/mol. The number of benzene rings is 2. The summed E-state index contributed by atoms with van der Waals surface area (Å²) in [4.78, 5) is 11.5. The molecule has 2 aromatic carbocycles. The summed E-state index contributed by atoms with van der Waals surface area (Å²) in [6.07, 6.45) is 0.892. The van der Waals surface area contributed by atoms with E-state index in [2.05, 4.69) is 41.7 Å². The summed E-state index contributed by atoms with van der Waals surface area (Å²) in [5.74, 6) is 0.288. The van der Waals surface area contributed by atoms with Crippen molar-refractivity contribution in [2.75, 3.05) is 0 Å². The van der Waals surface area contributed by atoms with Crippen LogP contribution in [0.1, 0.15) is 24.9 Å². The number of hydrogen-bond acceptors (Lipinski definition) is 1. The number of carbonyl (C=O) groups excluding carboxylic acids is 1. The lowest BCUT2D eigenvalue weighted by molar-refractivity contribution is -0.122.